The molecule has 0 saturated heterocycles. The highest BCUT2D eigenvalue weighted by atomic mass is 16.1. The summed E-state index contributed by atoms with van der Waals surface area (Å²) in [6.07, 6.45) is 1.38. The summed E-state index contributed by atoms with van der Waals surface area (Å²) >= 11 is 0. The predicted octanol–water partition coefficient (Wildman–Crippen LogP) is 1.51. The molecule has 80 valence electrons. The molecule has 0 aliphatic heterocycles. The molecule has 0 fully saturated rings. The summed E-state index contributed by atoms with van der Waals surface area (Å²) in [4.78, 5) is 11.7. The van der Waals surface area contributed by atoms with E-state index in [4.69, 9.17) is 5.26 Å². The van der Waals surface area contributed by atoms with Gasteiger partial charge in [-0.3, -0.25) is 9.89 Å². The number of hydrogen-bond donors (Lipinski definition) is 2. The zero-order valence-electron chi connectivity index (χ0n) is 9.03. The Morgan fingerprint density at radius 2 is 2.27 bits per heavy atom. The van der Waals surface area contributed by atoms with Crippen molar-refractivity contribution in [2.45, 2.75) is 20.8 Å². The van der Waals surface area contributed by atoms with Gasteiger partial charge in [0.1, 0.15) is 17.5 Å². The predicted molar refractivity (Wildman–Crippen MR) is 55.9 cm³/mol. The van der Waals surface area contributed by atoms with Crippen molar-refractivity contribution in [1.29, 1.82) is 5.26 Å². The van der Waals surface area contributed by atoms with E-state index in [1.807, 2.05) is 26.8 Å². The third-order valence-corrected chi connectivity index (χ3v) is 2.42. The number of nitrogens with zero attached hydrogens (tertiary/aromatic N) is 2. The fourth-order valence-electron chi connectivity index (χ4n) is 1.01. The first kappa shape index (κ1) is 11.2. The number of nitriles is 1. The first-order chi connectivity index (χ1) is 7.06. The van der Waals surface area contributed by atoms with E-state index in [1.54, 1.807) is 0 Å². The molecule has 0 aromatic carbocycles. The van der Waals surface area contributed by atoms with Crippen molar-refractivity contribution in [2.75, 3.05) is 5.32 Å². The number of rotatable bonds is 3. The lowest BCUT2D eigenvalue weighted by Gasteiger charge is -2.14. The Morgan fingerprint density at radius 3 is 2.80 bits per heavy atom. The summed E-state index contributed by atoms with van der Waals surface area (Å²) in [6.45, 7) is 5.80. The van der Waals surface area contributed by atoms with E-state index in [9.17, 15) is 4.79 Å². The fourth-order valence-corrected chi connectivity index (χ4v) is 1.01. The number of amides is 1. The van der Waals surface area contributed by atoms with Gasteiger partial charge >= 0.3 is 0 Å². The van der Waals surface area contributed by atoms with Gasteiger partial charge in [0, 0.05) is 5.92 Å². The van der Waals surface area contributed by atoms with Gasteiger partial charge in [-0.15, -0.1) is 0 Å². The van der Waals surface area contributed by atoms with E-state index < -0.39 is 0 Å². The van der Waals surface area contributed by atoms with Crippen LogP contribution >= 0.6 is 0 Å². The first-order valence-corrected chi connectivity index (χ1v) is 4.80. The molecule has 1 unspecified atom stereocenters. The molecule has 1 atom stereocenters. The number of aromatic nitrogens is 2. The highest BCUT2D eigenvalue weighted by Gasteiger charge is 2.18. The number of aromatic amines is 1. The van der Waals surface area contributed by atoms with E-state index in [0.717, 1.165) is 0 Å². The molecule has 0 spiro atoms. The topological polar surface area (TPSA) is 81.6 Å². The van der Waals surface area contributed by atoms with E-state index in [0.29, 0.717) is 11.4 Å². The molecule has 1 heterocycles. The molecule has 0 aliphatic carbocycles. The summed E-state index contributed by atoms with van der Waals surface area (Å²) in [7, 11) is 0. The SMILES string of the molecule is CC(C)C(C)C(=O)Nc1[nH]ncc1C#N. The molecule has 0 bridgehead atoms. The quantitative estimate of drug-likeness (QED) is 0.786. The monoisotopic (exact) mass is 206 g/mol. The van der Waals surface area contributed by atoms with Crippen LogP contribution in [0.25, 0.3) is 0 Å². The van der Waals surface area contributed by atoms with Crippen molar-refractivity contribution >= 4 is 11.7 Å². The summed E-state index contributed by atoms with van der Waals surface area (Å²) in [5, 5.41) is 17.6. The number of H-pyrrole nitrogens is 1. The molecular formula is C10H14N4O. The first-order valence-electron chi connectivity index (χ1n) is 4.80. The Bertz CT molecular complexity index is 388. The summed E-state index contributed by atoms with van der Waals surface area (Å²) in [5.41, 5.74) is 0.347. The van der Waals surface area contributed by atoms with Gasteiger partial charge in [0.15, 0.2) is 0 Å². The third-order valence-electron chi connectivity index (χ3n) is 2.42. The van der Waals surface area contributed by atoms with Crippen molar-refractivity contribution in [3.05, 3.63) is 11.8 Å². The van der Waals surface area contributed by atoms with E-state index in [1.165, 1.54) is 6.20 Å². The van der Waals surface area contributed by atoms with Crippen LogP contribution in [0.4, 0.5) is 5.82 Å². The molecule has 5 nitrogen and oxygen atoms in total. The van der Waals surface area contributed by atoms with Gasteiger partial charge in [0.25, 0.3) is 0 Å². The lowest BCUT2D eigenvalue weighted by molar-refractivity contribution is -0.120. The van der Waals surface area contributed by atoms with Crippen LogP contribution in [-0.2, 0) is 4.79 Å². The van der Waals surface area contributed by atoms with Crippen molar-refractivity contribution in [3.8, 4) is 6.07 Å². The van der Waals surface area contributed by atoms with Crippen molar-refractivity contribution in [2.24, 2.45) is 11.8 Å². The normalized spacial score (nSPS) is 12.2. The molecule has 1 rings (SSSR count). The van der Waals surface area contributed by atoms with Gasteiger partial charge in [0.2, 0.25) is 5.91 Å². The lowest BCUT2D eigenvalue weighted by Crippen LogP contribution is -2.24. The minimum absolute atomic E-state index is 0.0974. The minimum atomic E-state index is -0.106. The molecule has 1 aromatic heterocycles. The average Bonchev–Trinajstić information content (AvgIpc) is 2.63. The van der Waals surface area contributed by atoms with Crippen molar-refractivity contribution < 1.29 is 4.79 Å². The molecule has 0 aliphatic rings. The third kappa shape index (κ3) is 2.56. The highest BCUT2D eigenvalue weighted by molar-refractivity contribution is 5.92. The Labute approximate surface area is 88.5 Å². The average molecular weight is 206 g/mol. The van der Waals surface area contributed by atoms with Gasteiger partial charge in [0.05, 0.1) is 6.20 Å². The smallest absolute Gasteiger partial charge is 0.228 e. The van der Waals surface area contributed by atoms with Gasteiger partial charge in [-0.25, -0.2) is 0 Å². The maximum atomic E-state index is 11.7. The van der Waals surface area contributed by atoms with Crippen LogP contribution in [0.15, 0.2) is 6.20 Å². The van der Waals surface area contributed by atoms with Gasteiger partial charge < -0.3 is 5.32 Å². The van der Waals surface area contributed by atoms with Crippen molar-refractivity contribution in [3.63, 3.8) is 0 Å². The number of anilines is 1. The van der Waals surface area contributed by atoms with E-state index in [-0.39, 0.29) is 17.7 Å². The van der Waals surface area contributed by atoms with Crippen LogP contribution in [0.5, 0.6) is 0 Å². The second-order valence-corrected chi connectivity index (χ2v) is 3.79. The van der Waals surface area contributed by atoms with Crippen LogP contribution in [0.1, 0.15) is 26.3 Å². The minimum Gasteiger partial charge on any atom is -0.310 e. The standard InChI is InChI=1S/C10H14N4O/c1-6(2)7(3)10(15)13-9-8(4-11)5-12-14-9/h5-7H,1-3H3,(H2,12,13,14,15). The highest BCUT2D eigenvalue weighted by Crippen LogP contribution is 2.14. The number of nitrogens with one attached hydrogen (secondary N) is 2. The fraction of sp³-hybridized carbons (Fsp3) is 0.500. The lowest BCUT2D eigenvalue weighted by atomic mass is 9.97. The van der Waals surface area contributed by atoms with Gasteiger partial charge in [-0.1, -0.05) is 20.8 Å². The van der Waals surface area contributed by atoms with Crippen LogP contribution in [0.3, 0.4) is 0 Å². The Kier molecular flexibility index (Phi) is 3.45. The van der Waals surface area contributed by atoms with Gasteiger partial charge in [-0.05, 0) is 5.92 Å². The molecule has 0 radical (unpaired) electrons. The van der Waals surface area contributed by atoms with Crippen LogP contribution < -0.4 is 5.32 Å². The Hall–Kier alpha value is -1.83. The summed E-state index contributed by atoms with van der Waals surface area (Å²) in [5.74, 6) is 0.430. The second-order valence-electron chi connectivity index (χ2n) is 3.79. The number of carbonyl (C=O) groups is 1. The molecule has 1 aromatic rings. The van der Waals surface area contributed by atoms with Crippen LogP contribution in [0, 0.1) is 23.2 Å². The molecular weight excluding hydrogens is 192 g/mol. The second kappa shape index (κ2) is 4.60. The zero-order valence-corrected chi connectivity index (χ0v) is 9.03. The number of carbonyl (C=O) groups excluding carboxylic acids is 1. The largest absolute Gasteiger partial charge is 0.310 e. The van der Waals surface area contributed by atoms with E-state index in [2.05, 4.69) is 15.5 Å². The summed E-state index contributed by atoms with van der Waals surface area (Å²) < 4.78 is 0. The maximum Gasteiger partial charge on any atom is 0.228 e. The van der Waals surface area contributed by atoms with E-state index >= 15 is 0 Å². The van der Waals surface area contributed by atoms with Crippen LogP contribution in [-0.4, -0.2) is 16.1 Å². The maximum absolute atomic E-state index is 11.7. The zero-order chi connectivity index (χ0) is 11.4. The van der Waals surface area contributed by atoms with Crippen LogP contribution in [0.2, 0.25) is 0 Å². The van der Waals surface area contributed by atoms with Crippen molar-refractivity contribution in [1.82, 2.24) is 10.2 Å². The molecule has 15 heavy (non-hydrogen) atoms. The summed E-state index contributed by atoms with van der Waals surface area (Å²) in [6, 6.07) is 1.94. The Balaban J connectivity index is 2.71. The molecule has 1 amide bonds. The molecule has 2 N–H and O–H groups in total. The van der Waals surface area contributed by atoms with Gasteiger partial charge in [-0.2, -0.15) is 10.4 Å². The molecule has 0 saturated carbocycles. The Morgan fingerprint density at radius 1 is 1.60 bits per heavy atom. The molecule has 5 heteroatoms. The number of hydrogen-bond acceptors (Lipinski definition) is 3.